The third-order valence-corrected chi connectivity index (χ3v) is 3.62. The van der Waals surface area contributed by atoms with Crippen LogP contribution in [0.5, 0.6) is 11.5 Å². The van der Waals surface area contributed by atoms with Gasteiger partial charge in [-0.1, -0.05) is 25.1 Å². The number of nitrogens with two attached hydrogens (primary N) is 1. The van der Waals surface area contributed by atoms with E-state index in [0.717, 1.165) is 6.42 Å². The monoisotopic (exact) mass is 329 g/mol. The van der Waals surface area contributed by atoms with Crippen molar-refractivity contribution in [2.45, 2.75) is 26.1 Å². The topological polar surface area (TPSA) is 81.8 Å². The second kappa shape index (κ2) is 8.93. The molecule has 0 aliphatic carbocycles. The molecule has 2 unspecified atom stereocenters. The second-order valence-corrected chi connectivity index (χ2v) is 5.73. The van der Waals surface area contributed by atoms with Crippen LogP contribution in [0.4, 0.5) is 0 Å². The van der Waals surface area contributed by atoms with E-state index in [4.69, 9.17) is 15.2 Å². The van der Waals surface area contributed by atoms with Crippen LogP contribution in [0.2, 0.25) is 0 Å². The quantitative estimate of drug-likeness (QED) is 0.693. The van der Waals surface area contributed by atoms with E-state index in [1.807, 2.05) is 37.3 Å². The molecule has 2 atom stereocenters. The Labute approximate surface area is 142 Å². The van der Waals surface area contributed by atoms with Crippen molar-refractivity contribution < 1.29 is 19.4 Å². The van der Waals surface area contributed by atoms with Gasteiger partial charge >= 0.3 is 0 Å². The molecule has 0 aromatic heterocycles. The number of rotatable bonds is 9. The number of benzene rings is 2. The van der Waals surface area contributed by atoms with Gasteiger partial charge in [0.05, 0.1) is 0 Å². The Bertz CT molecular complexity index is 628. The number of hydrogen-bond donors (Lipinski definition) is 2. The minimum Gasteiger partial charge on any atom is -0.455 e. The molecule has 0 saturated carbocycles. The first kappa shape index (κ1) is 17.8. The summed E-state index contributed by atoms with van der Waals surface area (Å²) in [4.78, 5) is 11.1. The van der Waals surface area contributed by atoms with Crippen molar-refractivity contribution in [3.8, 4) is 11.5 Å². The maximum absolute atomic E-state index is 11.1. The Morgan fingerprint density at radius 2 is 1.58 bits per heavy atom. The molecule has 0 spiro atoms. The summed E-state index contributed by atoms with van der Waals surface area (Å²) in [7, 11) is 0. The standard InChI is InChI=1S/C19H23NO4/c1-14(13-21)7-12-18(23-16-5-3-2-4-6-16)24-17-10-8-15(9-11-17)19(20)22/h2-6,8-11,14,18,21H,7,12-13H2,1H3,(H2,20,22). The minimum atomic E-state index is -0.485. The van der Waals surface area contributed by atoms with Crippen molar-refractivity contribution in [1.82, 2.24) is 0 Å². The Morgan fingerprint density at radius 1 is 1.00 bits per heavy atom. The van der Waals surface area contributed by atoms with E-state index in [1.165, 1.54) is 0 Å². The SMILES string of the molecule is CC(CO)CCC(Oc1ccccc1)Oc1ccc(C(N)=O)cc1. The molecule has 2 aromatic carbocycles. The lowest BCUT2D eigenvalue weighted by Gasteiger charge is -2.22. The average Bonchev–Trinajstić information content (AvgIpc) is 2.60. The summed E-state index contributed by atoms with van der Waals surface area (Å²) in [5.74, 6) is 1.01. The zero-order valence-corrected chi connectivity index (χ0v) is 13.7. The molecule has 0 saturated heterocycles. The molecule has 0 fully saturated rings. The number of hydrogen-bond acceptors (Lipinski definition) is 4. The number of amides is 1. The summed E-state index contributed by atoms with van der Waals surface area (Å²) < 4.78 is 11.8. The molecule has 3 N–H and O–H groups in total. The summed E-state index contributed by atoms with van der Waals surface area (Å²) in [6, 6.07) is 16.0. The summed E-state index contributed by atoms with van der Waals surface area (Å²) in [5.41, 5.74) is 5.66. The number of para-hydroxylation sites is 1. The molecule has 0 aliphatic heterocycles. The van der Waals surface area contributed by atoms with Crippen LogP contribution in [0.3, 0.4) is 0 Å². The van der Waals surface area contributed by atoms with Crippen LogP contribution in [0.25, 0.3) is 0 Å². The van der Waals surface area contributed by atoms with Gasteiger partial charge in [-0.3, -0.25) is 4.79 Å². The lowest BCUT2D eigenvalue weighted by Crippen LogP contribution is -2.25. The maximum Gasteiger partial charge on any atom is 0.248 e. The largest absolute Gasteiger partial charge is 0.455 e. The first-order valence-corrected chi connectivity index (χ1v) is 7.97. The molecular formula is C19H23NO4. The molecule has 5 nitrogen and oxygen atoms in total. The van der Waals surface area contributed by atoms with Crippen LogP contribution >= 0.6 is 0 Å². The Balaban J connectivity index is 2.04. The molecule has 2 aromatic rings. The van der Waals surface area contributed by atoms with E-state index >= 15 is 0 Å². The van der Waals surface area contributed by atoms with E-state index in [9.17, 15) is 9.90 Å². The Kier molecular flexibility index (Phi) is 6.63. The van der Waals surface area contributed by atoms with E-state index in [2.05, 4.69) is 0 Å². The molecule has 0 aliphatic rings. The highest BCUT2D eigenvalue weighted by Crippen LogP contribution is 2.20. The van der Waals surface area contributed by atoms with E-state index < -0.39 is 12.2 Å². The molecular weight excluding hydrogens is 306 g/mol. The van der Waals surface area contributed by atoms with Gasteiger partial charge in [-0.05, 0) is 48.7 Å². The van der Waals surface area contributed by atoms with Gasteiger partial charge in [-0.2, -0.15) is 0 Å². The fraction of sp³-hybridized carbons (Fsp3) is 0.316. The number of carbonyl (C=O) groups is 1. The van der Waals surface area contributed by atoms with Gasteiger partial charge < -0.3 is 20.3 Å². The zero-order valence-electron chi connectivity index (χ0n) is 13.7. The van der Waals surface area contributed by atoms with Crippen molar-refractivity contribution in [3.63, 3.8) is 0 Å². The lowest BCUT2D eigenvalue weighted by atomic mass is 10.1. The van der Waals surface area contributed by atoms with Crippen molar-refractivity contribution >= 4 is 5.91 Å². The molecule has 128 valence electrons. The number of aliphatic hydroxyl groups excluding tert-OH is 1. The summed E-state index contributed by atoms with van der Waals surface area (Å²) in [6.07, 6.45) is 0.919. The number of carbonyl (C=O) groups excluding carboxylic acids is 1. The molecule has 2 rings (SSSR count). The van der Waals surface area contributed by atoms with Gasteiger partial charge in [0.2, 0.25) is 12.2 Å². The van der Waals surface area contributed by atoms with E-state index in [-0.39, 0.29) is 12.5 Å². The number of primary amides is 1. The van der Waals surface area contributed by atoms with Crippen LogP contribution in [-0.4, -0.2) is 23.9 Å². The van der Waals surface area contributed by atoms with Crippen molar-refractivity contribution in [2.75, 3.05) is 6.61 Å². The smallest absolute Gasteiger partial charge is 0.248 e. The van der Waals surface area contributed by atoms with Gasteiger partial charge in [-0.15, -0.1) is 0 Å². The van der Waals surface area contributed by atoms with Gasteiger partial charge in [0.25, 0.3) is 0 Å². The fourth-order valence-electron chi connectivity index (χ4n) is 2.15. The first-order chi connectivity index (χ1) is 11.6. The van der Waals surface area contributed by atoms with Gasteiger partial charge in [0, 0.05) is 18.6 Å². The van der Waals surface area contributed by atoms with E-state index in [1.54, 1.807) is 24.3 Å². The summed E-state index contributed by atoms with van der Waals surface area (Å²) in [6.45, 7) is 2.10. The Hall–Kier alpha value is -2.53. The second-order valence-electron chi connectivity index (χ2n) is 5.73. The fourth-order valence-corrected chi connectivity index (χ4v) is 2.15. The zero-order chi connectivity index (χ0) is 17.4. The van der Waals surface area contributed by atoms with Gasteiger partial charge in [-0.25, -0.2) is 0 Å². The lowest BCUT2D eigenvalue weighted by molar-refractivity contribution is -0.00620. The molecule has 5 heteroatoms. The van der Waals surface area contributed by atoms with Crippen LogP contribution in [0, 0.1) is 5.92 Å². The van der Waals surface area contributed by atoms with Crippen molar-refractivity contribution in [2.24, 2.45) is 11.7 Å². The first-order valence-electron chi connectivity index (χ1n) is 7.97. The molecule has 0 bridgehead atoms. The van der Waals surface area contributed by atoms with Crippen molar-refractivity contribution in [1.29, 1.82) is 0 Å². The summed E-state index contributed by atoms with van der Waals surface area (Å²) in [5, 5.41) is 9.18. The molecule has 1 amide bonds. The normalized spacial score (nSPS) is 13.1. The Morgan fingerprint density at radius 3 is 2.12 bits per heavy atom. The summed E-state index contributed by atoms with van der Waals surface area (Å²) >= 11 is 0. The van der Waals surface area contributed by atoms with E-state index in [0.29, 0.717) is 23.5 Å². The predicted octanol–water partition coefficient (Wildman–Crippen LogP) is 2.98. The average molecular weight is 329 g/mol. The third kappa shape index (κ3) is 5.59. The van der Waals surface area contributed by atoms with Crippen LogP contribution in [-0.2, 0) is 0 Å². The number of ether oxygens (including phenoxy) is 2. The predicted molar refractivity (Wildman–Crippen MR) is 91.9 cm³/mol. The van der Waals surface area contributed by atoms with Crippen LogP contribution < -0.4 is 15.2 Å². The minimum absolute atomic E-state index is 0.130. The van der Waals surface area contributed by atoms with Gasteiger partial charge in [0.15, 0.2) is 0 Å². The molecule has 24 heavy (non-hydrogen) atoms. The number of aliphatic hydroxyl groups is 1. The maximum atomic E-state index is 11.1. The van der Waals surface area contributed by atoms with Crippen LogP contribution in [0.15, 0.2) is 54.6 Å². The van der Waals surface area contributed by atoms with Crippen LogP contribution in [0.1, 0.15) is 30.1 Å². The molecule has 0 radical (unpaired) electrons. The third-order valence-electron chi connectivity index (χ3n) is 3.62. The highest BCUT2D eigenvalue weighted by molar-refractivity contribution is 5.92. The highest BCUT2D eigenvalue weighted by Gasteiger charge is 2.15. The van der Waals surface area contributed by atoms with Crippen molar-refractivity contribution in [3.05, 3.63) is 60.2 Å². The molecule has 0 heterocycles. The highest BCUT2D eigenvalue weighted by atomic mass is 16.7. The van der Waals surface area contributed by atoms with Gasteiger partial charge in [0.1, 0.15) is 11.5 Å².